The van der Waals surface area contributed by atoms with Gasteiger partial charge < -0.3 is 15.3 Å². The van der Waals surface area contributed by atoms with E-state index in [0.717, 1.165) is 48.7 Å². The number of piperidine rings is 1. The predicted octanol–water partition coefficient (Wildman–Crippen LogP) is 2.25. The van der Waals surface area contributed by atoms with E-state index in [4.69, 9.17) is 0 Å². The van der Waals surface area contributed by atoms with Gasteiger partial charge in [-0.1, -0.05) is 0 Å². The second-order valence-electron chi connectivity index (χ2n) is 6.40. The lowest BCUT2D eigenvalue weighted by atomic mass is 10.1. The number of carbonyl (C=O) groups is 1. The molecular weight excluding hydrogens is 304 g/mol. The molecule has 2 heterocycles. The first-order valence-corrected chi connectivity index (χ1v) is 8.30. The summed E-state index contributed by atoms with van der Waals surface area (Å²) < 4.78 is 1.69. The van der Waals surface area contributed by atoms with Crippen molar-refractivity contribution in [2.24, 2.45) is 7.05 Å². The van der Waals surface area contributed by atoms with Crippen LogP contribution in [0.4, 0.5) is 11.5 Å². The molecule has 1 aliphatic rings. The van der Waals surface area contributed by atoms with Gasteiger partial charge in [-0.25, -0.2) is 0 Å². The quantitative estimate of drug-likeness (QED) is 0.907. The fourth-order valence-electron chi connectivity index (χ4n) is 3.07. The Morgan fingerprint density at radius 3 is 2.38 bits per heavy atom. The average molecular weight is 328 g/mol. The molecule has 1 aliphatic heterocycles. The number of anilines is 2. The Balaban J connectivity index is 1.70. The third-order valence-electron chi connectivity index (χ3n) is 4.71. The van der Waals surface area contributed by atoms with Crippen LogP contribution in [0.5, 0.6) is 0 Å². The summed E-state index contributed by atoms with van der Waals surface area (Å²) >= 11 is 0. The minimum atomic E-state index is -0.183. The van der Waals surface area contributed by atoms with Crippen molar-refractivity contribution in [1.29, 1.82) is 0 Å². The number of aromatic nitrogens is 2. The highest BCUT2D eigenvalue weighted by Crippen LogP contribution is 2.22. The number of aliphatic hydroxyl groups excluding tert-OH is 1. The topological polar surface area (TPSA) is 70.4 Å². The first kappa shape index (κ1) is 16.5. The molecule has 6 nitrogen and oxygen atoms in total. The number of benzene rings is 1. The normalized spacial score (nSPS) is 15.6. The third kappa shape index (κ3) is 3.28. The van der Waals surface area contributed by atoms with Gasteiger partial charge in [-0.05, 0) is 51.0 Å². The van der Waals surface area contributed by atoms with E-state index >= 15 is 0 Å². The number of hydrogen-bond donors (Lipinski definition) is 2. The summed E-state index contributed by atoms with van der Waals surface area (Å²) in [7, 11) is 1.82. The van der Waals surface area contributed by atoms with Crippen molar-refractivity contribution in [3.63, 3.8) is 0 Å². The van der Waals surface area contributed by atoms with E-state index in [-0.39, 0.29) is 12.0 Å². The van der Waals surface area contributed by atoms with Gasteiger partial charge in [0.05, 0.1) is 11.8 Å². The lowest BCUT2D eigenvalue weighted by Crippen LogP contribution is -2.35. The van der Waals surface area contributed by atoms with Crippen molar-refractivity contribution in [3.05, 3.63) is 41.1 Å². The lowest BCUT2D eigenvalue weighted by Gasteiger charge is -2.31. The highest BCUT2D eigenvalue weighted by Gasteiger charge is 2.18. The van der Waals surface area contributed by atoms with Crippen molar-refractivity contribution in [1.82, 2.24) is 9.78 Å². The Kier molecular flexibility index (Phi) is 4.57. The van der Waals surface area contributed by atoms with Gasteiger partial charge in [0.25, 0.3) is 5.91 Å². The zero-order valence-electron chi connectivity index (χ0n) is 14.4. The van der Waals surface area contributed by atoms with E-state index in [1.165, 1.54) is 0 Å². The molecule has 2 N–H and O–H groups in total. The molecule has 6 heteroatoms. The number of nitrogens with zero attached hydrogens (tertiary/aromatic N) is 3. The molecular formula is C18H24N4O2. The molecule has 1 aromatic heterocycles. The summed E-state index contributed by atoms with van der Waals surface area (Å²) in [6, 6.07) is 7.62. The third-order valence-corrected chi connectivity index (χ3v) is 4.71. The van der Waals surface area contributed by atoms with Crippen molar-refractivity contribution < 1.29 is 9.90 Å². The van der Waals surface area contributed by atoms with Crippen LogP contribution < -0.4 is 10.2 Å². The molecule has 1 saturated heterocycles. The van der Waals surface area contributed by atoms with E-state index in [1.807, 2.05) is 45.2 Å². The van der Waals surface area contributed by atoms with E-state index in [1.54, 1.807) is 4.68 Å². The number of carbonyl (C=O) groups excluding carboxylic acids is 1. The fourth-order valence-corrected chi connectivity index (χ4v) is 3.07. The first-order chi connectivity index (χ1) is 11.5. The number of rotatable bonds is 3. The minimum absolute atomic E-state index is 0.137. The molecule has 0 atom stereocenters. The van der Waals surface area contributed by atoms with Crippen LogP contribution in [-0.2, 0) is 7.05 Å². The predicted molar refractivity (Wildman–Crippen MR) is 94.5 cm³/mol. The van der Waals surface area contributed by atoms with E-state index in [0.29, 0.717) is 5.56 Å². The summed E-state index contributed by atoms with van der Waals surface area (Å²) in [6.45, 7) is 5.57. The van der Waals surface area contributed by atoms with Gasteiger partial charge in [0.1, 0.15) is 5.82 Å². The van der Waals surface area contributed by atoms with Gasteiger partial charge in [-0.3, -0.25) is 9.48 Å². The van der Waals surface area contributed by atoms with Crippen molar-refractivity contribution >= 4 is 17.4 Å². The average Bonchev–Trinajstić information content (AvgIpc) is 2.82. The minimum Gasteiger partial charge on any atom is -0.393 e. The molecule has 1 aromatic carbocycles. The summed E-state index contributed by atoms with van der Waals surface area (Å²) in [5, 5.41) is 16.8. The zero-order chi connectivity index (χ0) is 17.3. The molecule has 3 rings (SSSR count). The van der Waals surface area contributed by atoms with E-state index in [9.17, 15) is 9.90 Å². The Labute approximate surface area is 142 Å². The van der Waals surface area contributed by atoms with Crippen LogP contribution >= 0.6 is 0 Å². The van der Waals surface area contributed by atoms with E-state index in [2.05, 4.69) is 15.3 Å². The second kappa shape index (κ2) is 6.65. The van der Waals surface area contributed by atoms with Gasteiger partial charge in [0.2, 0.25) is 0 Å². The molecule has 1 amide bonds. The SMILES string of the molecule is Cc1nn(C)c(NC(=O)c2ccc(N3CCC(O)CC3)cc2)c1C. The summed E-state index contributed by atoms with van der Waals surface area (Å²) in [4.78, 5) is 14.7. The summed E-state index contributed by atoms with van der Waals surface area (Å²) in [5.74, 6) is 0.591. The smallest absolute Gasteiger partial charge is 0.256 e. The molecule has 0 unspecified atom stereocenters. The maximum absolute atomic E-state index is 12.5. The number of aliphatic hydroxyl groups is 1. The van der Waals surface area contributed by atoms with Gasteiger partial charge in [-0.2, -0.15) is 5.10 Å². The van der Waals surface area contributed by atoms with Crippen molar-refractivity contribution in [3.8, 4) is 0 Å². The van der Waals surface area contributed by atoms with Crippen LogP contribution in [-0.4, -0.2) is 40.0 Å². The van der Waals surface area contributed by atoms with Gasteiger partial charge in [0, 0.05) is 37.0 Å². The Bertz CT molecular complexity index is 728. The molecule has 0 radical (unpaired) electrons. The maximum atomic E-state index is 12.5. The standard InChI is InChI=1S/C18H24N4O2/c1-12-13(2)20-21(3)17(12)19-18(24)14-4-6-15(7-5-14)22-10-8-16(23)9-11-22/h4-7,16,23H,8-11H2,1-3H3,(H,19,24). The van der Waals surface area contributed by atoms with Crippen molar-refractivity contribution in [2.75, 3.05) is 23.3 Å². The monoisotopic (exact) mass is 328 g/mol. The van der Waals surface area contributed by atoms with Gasteiger partial charge in [0.15, 0.2) is 0 Å². The fraction of sp³-hybridized carbons (Fsp3) is 0.444. The maximum Gasteiger partial charge on any atom is 0.256 e. The molecule has 0 bridgehead atoms. The Morgan fingerprint density at radius 2 is 1.83 bits per heavy atom. The molecule has 24 heavy (non-hydrogen) atoms. The molecule has 0 aliphatic carbocycles. The number of amides is 1. The van der Waals surface area contributed by atoms with Crippen LogP contribution in [0.25, 0.3) is 0 Å². The Hall–Kier alpha value is -2.34. The van der Waals surface area contributed by atoms with Crippen LogP contribution in [0.3, 0.4) is 0 Å². The van der Waals surface area contributed by atoms with E-state index < -0.39 is 0 Å². The molecule has 128 valence electrons. The van der Waals surface area contributed by atoms with Gasteiger partial charge in [-0.15, -0.1) is 0 Å². The Morgan fingerprint density at radius 1 is 1.21 bits per heavy atom. The number of aryl methyl sites for hydroxylation is 2. The molecule has 2 aromatic rings. The first-order valence-electron chi connectivity index (χ1n) is 8.30. The molecule has 0 spiro atoms. The van der Waals surface area contributed by atoms with Gasteiger partial charge >= 0.3 is 0 Å². The van der Waals surface area contributed by atoms with Crippen LogP contribution in [0.1, 0.15) is 34.5 Å². The number of hydrogen-bond acceptors (Lipinski definition) is 4. The van der Waals surface area contributed by atoms with Crippen LogP contribution in [0, 0.1) is 13.8 Å². The summed E-state index contributed by atoms with van der Waals surface area (Å²) in [5.41, 5.74) is 3.60. The van der Waals surface area contributed by atoms with Crippen molar-refractivity contribution in [2.45, 2.75) is 32.8 Å². The number of nitrogens with one attached hydrogen (secondary N) is 1. The highest BCUT2D eigenvalue weighted by atomic mass is 16.3. The second-order valence-corrected chi connectivity index (χ2v) is 6.40. The largest absolute Gasteiger partial charge is 0.393 e. The zero-order valence-corrected chi connectivity index (χ0v) is 14.4. The summed E-state index contributed by atoms with van der Waals surface area (Å²) in [6.07, 6.45) is 1.40. The highest BCUT2D eigenvalue weighted by molar-refractivity contribution is 6.04. The van der Waals surface area contributed by atoms with Crippen LogP contribution in [0.2, 0.25) is 0 Å². The molecule has 0 saturated carbocycles. The van der Waals surface area contributed by atoms with Crippen LogP contribution in [0.15, 0.2) is 24.3 Å². The molecule has 1 fully saturated rings. The lowest BCUT2D eigenvalue weighted by molar-refractivity contribution is 0.102.